The number of ketones is 1. The van der Waals surface area contributed by atoms with Gasteiger partial charge in [-0.1, -0.05) is 20.3 Å². The molecule has 84 valence electrons. The van der Waals surface area contributed by atoms with Crippen molar-refractivity contribution in [1.29, 1.82) is 5.26 Å². The summed E-state index contributed by atoms with van der Waals surface area (Å²) >= 11 is 0. The van der Waals surface area contributed by atoms with E-state index in [2.05, 4.69) is 6.19 Å². The van der Waals surface area contributed by atoms with E-state index in [1.54, 1.807) is 4.90 Å². The van der Waals surface area contributed by atoms with E-state index in [9.17, 15) is 4.79 Å². The summed E-state index contributed by atoms with van der Waals surface area (Å²) in [6, 6.07) is -0.687. The molecule has 1 aliphatic heterocycles. The van der Waals surface area contributed by atoms with Gasteiger partial charge in [-0.15, -0.1) is 0 Å². The minimum atomic E-state index is -0.422. The smallest absolute Gasteiger partial charge is 0.180 e. The zero-order valence-corrected chi connectivity index (χ0v) is 9.44. The Balaban J connectivity index is 2.64. The van der Waals surface area contributed by atoms with Gasteiger partial charge in [-0.05, 0) is 18.8 Å². The average molecular weight is 209 g/mol. The maximum absolute atomic E-state index is 12.0. The highest BCUT2D eigenvalue weighted by atomic mass is 16.1. The second kappa shape index (κ2) is 5.13. The second-order valence-corrected chi connectivity index (χ2v) is 4.27. The summed E-state index contributed by atoms with van der Waals surface area (Å²) in [4.78, 5) is 13.6. The molecule has 4 heteroatoms. The molecule has 0 spiro atoms. The summed E-state index contributed by atoms with van der Waals surface area (Å²) in [5, 5.41) is 8.85. The Hall–Kier alpha value is -1.08. The van der Waals surface area contributed by atoms with Gasteiger partial charge in [-0.25, -0.2) is 0 Å². The summed E-state index contributed by atoms with van der Waals surface area (Å²) in [5.41, 5.74) is 5.88. The van der Waals surface area contributed by atoms with E-state index in [4.69, 9.17) is 11.0 Å². The second-order valence-electron chi connectivity index (χ2n) is 4.27. The molecule has 0 aliphatic carbocycles. The van der Waals surface area contributed by atoms with Gasteiger partial charge in [0.05, 0.1) is 12.1 Å². The van der Waals surface area contributed by atoms with E-state index in [1.165, 1.54) is 0 Å². The first kappa shape index (κ1) is 12.0. The van der Waals surface area contributed by atoms with Crippen LogP contribution in [0.4, 0.5) is 0 Å². The number of nitriles is 1. The Kier molecular flexibility index (Phi) is 4.10. The summed E-state index contributed by atoms with van der Waals surface area (Å²) in [5.74, 6) is 0.224. The summed E-state index contributed by atoms with van der Waals surface area (Å²) in [6.07, 6.45) is 4.65. The summed E-state index contributed by atoms with van der Waals surface area (Å²) in [6.45, 7) is 4.70. The van der Waals surface area contributed by atoms with Crippen LogP contribution in [0.25, 0.3) is 0 Å². The molecular formula is C11H19N3O. The molecule has 1 fully saturated rings. The van der Waals surface area contributed by atoms with Gasteiger partial charge < -0.3 is 10.6 Å². The van der Waals surface area contributed by atoms with Gasteiger partial charge in [0.25, 0.3) is 0 Å². The van der Waals surface area contributed by atoms with Crippen molar-refractivity contribution in [3.05, 3.63) is 0 Å². The lowest BCUT2D eigenvalue weighted by Gasteiger charge is -2.23. The molecule has 1 aliphatic rings. The standard InChI is InChI=1S/C11H19N3O/c1-3-8(2)10(13)11(15)9-5-4-6-14(9)7-12/h8-10H,3-6,13H2,1-2H3/t8-,9?,10-/m0/s1. The lowest BCUT2D eigenvalue weighted by Crippen LogP contribution is -2.46. The molecule has 0 aromatic carbocycles. The van der Waals surface area contributed by atoms with E-state index in [-0.39, 0.29) is 17.7 Å². The monoisotopic (exact) mass is 209 g/mol. The highest BCUT2D eigenvalue weighted by Crippen LogP contribution is 2.20. The van der Waals surface area contributed by atoms with Crippen LogP contribution in [-0.2, 0) is 4.79 Å². The van der Waals surface area contributed by atoms with E-state index in [0.29, 0.717) is 6.54 Å². The van der Waals surface area contributed by atoms with Crippen molar-refractivity contribution < 1.29 is 4.79 Å². The molecule has 3 atom stereocenters. The molecule has 1 rings (SSSR count). The first-order chi connectivity index (χ1) is 7.11. The fourth-order valence-electron chi connectivity index (χ4n) is 1.94. The van der Waals surface area contributed by atoms with Crippen molar-refractivity contribution in [2.75, 3.05) is 6.54 Å². The molecule has 0 saturated carbocycles. The normalized spacial score (nSPS) is 24.7. The number of nitrogens with zero attached hydrogens (tertiary/aromatic N) is 2. The molecule has 4 nitrogen and oxygen atoms in total. The zero-order valence-electron chi connectivity index (χ0n) is 9.44. The third kappa shape index (κ3) is 2.48. The lowest BCUT2D eigenvalue weighted by molar-refractivity contribution is -0.124. The van der Waals surface area contributed by atoms with Crippen LogP contribution in [0.15, 0.2) is 0 Å². The number of likely N-dealkylation sites (tertiary alicyclic amines) is 1. The molecule has 0 aromatic rings. The third-order valence-corrected chi connectivity index (χ3v) is 3.30. The van der Waals surface area contributed by atoms with Crippen molar-refractivity contribution in [2.45, 2.75) is 45.2 Å². The number of carbonyl (C=O) groups is 1. The quantitative estimate of drug-likeness (QED) is 0.698. The van der Waals surface area contributed by atoms with Crippen LogP contribution < -0.4 is 5.73 Å². The number of hydrogen-bond acceptors (Lipinski definition) is 4. The van der Waals surface area contributed by atoms with E-state index >= 15 is 0 Å². The predicted octanol–water partition coefficient (Wildman–Crippen LogP) is 0.874. The van der Waals surface area contributed by atoms with Crippen LogP contribution in [0.5, 0.6) is 0 Å². The third-order valence-electron chi connectivity index (χ3n) is 3.30. The van der Waals surface area contributed by atoms with Crippen LogP contribution in [0.1, 0.15) is 33.1 Å². The Morgan fingerprint density at radius 2 is 2.40 bits per heavy atom. The topological polar surface area (TPSA) is 70.1 Å². The highest BCUT2D eigenvalue weighted by Gasteiger charge is 2.34. The summed E-state index contributed by atoms with van der Waals surface area (Å²) in [7, 11) is 0. The largest absolute Gasteiger partial charge is 0.321 e. The van der Waals surface area contributed by atoms with Gasteiger partial charge in [0.15, 0.2) is 12.0 Å². The Labute approximate surface area is 91.0 Å². The number of hydrogen-bond donors (Lipinski definition) is 1. The van der Waals surface area contributed by atoms with Gasteiger partial charge >= 0.3 is 0 Å². The summed E-state index contributed by atoms with van der Waals surface area (Å²) < 4.78 is 0. The fraction of sp³-hybridized carbons (Fsp3) is 0.818. The number of carbonyl (C=O) groups excluding carboxylic acids is 1. The van der Waals surface area contributed by atoms with Gasteiger partial charge in [0, 0.05) is 6.54 Å². The minimum absolute atomic E-state index is 0.0309. The van der Waals surface area contributed by atoms with E-state index < -0.39 is 6.04 Å². The van der Waals surface area contributed by atoms with Crippen LogP contribution in [0, 0.1) is 17.4 Å². The highest BCUT2D eigenvalue weighted by molar-refractivity contribution is 5.89. The molecule has 1 unspecified atom stereocenters. The Bertz CT molecular complexity index is 271. The SMILES string of the molecule is CC[C@H](C)[C@H](N)C(=O)C1CCCN1C#N. The van der Waals surface area contributed by atoms with Crippen LogP contribution >= 0.6 is 0 Å². The Morgan fingerprint density at radius 1 is 1.73 bits per heavy atom. The number of nitrogens with two attached hydrogens (primary N) is 1. The maximum atomic E-state index is 12.0. The maximum Gasteiger partial charge on any atom is 0.180 e. The number of rotatable bonds is 4. The van der Waals surface area contributed by atoms with Crippen LogP contribution in [0.3, 0.4) is 0 Å². The van der Waals surface area contributed by atoms with Crippen LogP contribution in [0.2, 0.25) is 0 Å². The molecule has 2 N–H and O–H groups in total. The van der Waals surface area contributed by atoms with Gasteiger partial charge in [0.1, 0.15) is 0 Å². The Morgan fingerprint density at radius 3 is 2.93 bits per heavy atom. The average Bonchev–Trinajstić information content (AvgIpc) is 2.73. The van der Waals surface area contributed by atoms with E-state index in [1.807, 2.05) is 13.8 Å². The molecule has 0 aromatic heterocycles. The zero-order chi connectivity index (χ0) is 11.4. The molecule has 0 radical (unpaired) electrons. The molecule has 1 heterocycles. The molecule has 0 amide bonds. The van der Waals surface area contributed by atoms with Crippen molar-refractivity contribution in [3.8, 4) is 6.19 Å². The molecule has 0 bridgehead atoms. The van der Waals surface area contributed by atoms with Crippen molar-refractivity contribution >= 4 is 5.78 Å². The molecule has 15 heavy (non-hydrogen) atoms. The number of Topliss-reactive ketones (excluding diaryl/α,β-unsaturated/α-hetero) is 1. The van der Waals surface area contributed by atoms with Gasteiger partial charge in [-0.3, -0.25) is 4.79 Å². The van der Waals surface area contributed by atoms with Gasteiger partial charge in [-0.2, -0.15) is 5.26 Å². The minimum Gasteiger partial charge on any atom is -0.321 e. The van der Waals surface area contributed by atoms with E-state index in [0.717, 1.165) is 19.3 Å². The van der Waals surface area contributed by atoms with Crippen molar-refractivity contribution in [1.82, 2.24) is 4.90 Å². The molecular weight excluding hydrogens is 190 g/mol. The lowest BCUT2D eigenvalue weighted by atomic mass is 9.92. The first-order valence-corrected chi connectivity index (χ1v) is 5.57. The first-order valence-electron chi connectivity index (χ1n) is 5.57. The van der Waals surface area contributed by atoms with Crippen LogP contribution in [-0.4, -0.2) is 29.3 Å². The fourth-order valence-corrected chi connectivity index (χ4v) is 1.94. The predicted molar refractivity (Wildman–Crippen MR) is 57.8 cm³/mol. The van der Waals surface area contributed by atoms with Crippen molar-refractivity contribution in [3.63, 3.8) is 0 Å². The molecule has 1 saturated heterocycles. The van der Waals surface area contributed by atoms with Crippen molar-refractivity contribution in [2.24, 2.45) is 11.7 Å². The van der Waals surface area contributed by atoms with Gasteiger partial charge in [0.2, 0.25) is 0 Å².